The number of methoxy groups -OCH3 is 2. The number of benzene rings is 2. The Bertz CT molecular complexity index is 899. The van der Waals surface area contributed by atoms with Gasteiger partial charge in [0, 0.05) is 18.5 Å². The molecule has 0 bridgehead atoms. The number of amides is 2. The van der Waals surface area contributed by atoms with Crippen molar-refractivity contribution >= 4 is 23.7 Å². The molecular formula is C22H27N3O4. The Morgan fingerprint density at radius 2 is 1.55 bits per heavy atom. The summed E-state index contributed by atoms with van der Waals surface area (Å²) in [7, 11) is 3.11. The van der Waals surface area contributed by atoms with Crippen LogP contribution in [0.15, 0.2) is 35.4 Å². The predicted octanol–water partition coefficient (Wildman–Crippen LogP) is 3.50. The first-order chi connectivity index (χ1) is 13.8. The number of hydrazone groups is 1. The minimum atomic E-state index is -0.339. The molecular weight excluding hydrogens is 370 g/mol. The summed E-state index contributed by atoms with van der Waals surface area (Å²) in [6.07, 6.45) is 1.61. The number of hydrogen-bond donors (Lipinski definition) is 2. The minimum absolute atomic E-state index is 0.0407. The van der Waals surface area contributed by atoms with Gasteiger partial charge in [0.2, 0.25) is 11.8 Å². The summed E-state index contributed by atoms with van der Waals surface area (Å²) >= 11 is 0. The Morgan fingerprint density at radius 3 is 2.17 bits per heavy atom. The normalized spacial score (nSPS) is 10.7. The van der Waals surface area contributed by atoms with Gasteiger partial charge in [-0.25, -0.2) is 5.43 Å². The van der Waals surface area contributed by atoms with Crippen LogP contribution < -0.4 is 20.2 Å². The van der Waals surface area contributed by atoms with Gasteiger partial charge in [0.05, 0.1) is 20.4 Å². The smallest absolute Gasteiger partial charge is 0.240 e. The van der Waals surface area contributed by atoms with Crippen molar-refractivity contribution in [1.29, 1.82) is 0 Å². The number of nitrogens with one attached hydrogen (secondary N) is 2. The van der Waals surface area contributed by atoms with Gasteiger partial charge >= 0.3 is 0 Å². The molecule has 154 valence electrons. The van der Waals surface area contributed by atoms with Gasteiger partial charge < -0.3 is 14.8 Å². The van der Waals surface area contributed by atoms with Crippen molar-refractivity contribution in [3.8, 4) is 11.5 Å². The summed E-state index contributed by atoms with van der Waals surface area (Å²) in [6, 6.07) is 9.31. The number of carbonyl (C=O) groups excluding carboxylic acids is 2. The first kappa shape index (κ1) is 21.9. The lowest BCUT2D eigenvalue weighted by Gasteiger charge is -2.12. The van der Waals surface area contributed by atoms with E-state index in [-0.39, 0.29) is 24.7 Å². The SMILES string of the molecule is COc1ccc(C=NNC(=O)CCC(=O)Nc2c(C)cc(C)cc2C)cc1OC. The Morgan fingerprint density at radius 1 is 0.931 bits per heavy atom. The maximum Gasteiger partial charge on any atom is 0.240 e. The van der Waals surface area contributed by atoms with Crippen molar-refractivity contribution in [2.45, 2.75) is 33.6 Å². The number of anilines is 1. The van der Waals surface area contributed by atoms with Gasteiger partial charge in [0.1, 0.15) is 0 Å². The third-order valence-electron chi connectivity index (χ3n) is 4.33. The van der Waals surface area contributed by atoms with Crippen molar-refractivity contribution < 1.29 is 19.1 Å². The zero-order valence-corrected chi connectivity index (χ0v) is 17.5. The molecule has 0 atom stereocenters. The molecule has 2 amide bonds. The number of rotatable bonds is 8. The number of nitrogens with zero attached hydrogens (tertiary/aromatic N) is 1. The van der Waals surface area contributed by atoms with E-state index >= 15 is 0 Å². The van der Waals surface area contributed by atoms with Crippen LogP contribution in [0.4, 0.5) is 5.69 Å². The van der Waals surface area contributed by atoms with Crippen LogP contribution in [0, 0.1) is 20.8 Å². The van der Waals surface area contributed by atoms with Crippen molar-refractivity contribution in [2.24, 2.45) is 5.10 Å². The van der Waals surface area contributed by atoms with Gasteiger partial charge in [0.15, 0.2) is 11.5 Å². The van der Waals surface area contributed by atoms with E-state index in [1.165, 1.54) is 6.21 Å². The van der Waals surface area contributed by atoms with Gasteiger partial charge in [0.25, 0.3) is 0 Å². The number of hydrogen-bond acceptors (Lipinski definition) is 5. The Balaban J connectivity index is 1.84. The van der Waals surface area contributed by atoms with E-state index in [1.54, 1.807) is 32.4 Å². The fraction of sp³-hybridized carbons (Fsp3) is 0.318. The molecule has 7 heteroatoms. The quantitative estimate of drug-likeness (QED) is 0.527. The first-order valence-electron chi connectivity index (χ1n) is 9.25. The molecule has 2 N–H and O–H groups in total. The minimum Gasteiger partial charge on any atom is -0.493 e. The van der Waals surface area contributed by atoms with E-state index in [4.69, 9.17) is 9.47 Å². The maximum atomic E-state index is 12.2. The van der Waals surface area contributed by atoms with Gasteiger partial charge in [-0.2, -0.15) is 5.10 Å². The van der Waals surface area contributed by atoms with E-state index < -0.39 is 0 Å². The molecule has 0 radical (unpaired) electrons. The highest BCUT2D eigenvalue weighted by atomic mass is 16.5. The molecule has 0 spiro atoms. The maximum absolute atomic E-state index is 12.2. The average Bonchev–Trinajstić information content (AvgIpc) is 2.69. The zero-order chi connectivity index (χ0) is 21.4. The largest absolute Gasteiger partial charge is 0.493 e. The number of aryl methyl sites for hydroxylation is 3. The third kappa shape index (κ3) is 6.34. The first-order valence-corrected chi connectivity index (χ1v) is 9.25. The van der Waals surface area contributed by atoms with Crippen LogP contribution in [0.25, 0.3) is 0 Å². The van der Waals surface area contributed by atoms with Crippen LogP contribution in [0.2, 0.25) is 0 Å². The number of carbonyl (C=O) groups is 2. The third-order valence-corrected chi connectivity index (χ3v) is 4.33. The number of ether oxygens (including phenoxy) is 2. The summed E-state index contributed by atoms with van der Waals surface area (Å²) in [6.45, 7) is 5.91. The van der Waals surface area contributed by atoms with Crippen LogP contribution >= 0.6 is 0 Å². The molecule has 0 aliphatic carbocycles. The van der Waals surface area contributed by atoms with E-state index in [0.29, 0.717) is 11.5 Å². The highest BCUT2D eigenvalue weighted by Gasteiger charge is 2.10. The van der Waals surface area contributed by atoms with E-state index in [1.807, 2.05) is 32.9 Å². The standard InChI is InChI=1S/C22H27N3O4/c1-14-10-15(2)22(16(3)11-14)24-20(26)8-9-21(27)25-23-13-17-6-7-18(28-4)19(12-17)29-5/h6-7,10-13H,8-9H2,1-5H3,(H,24,26)(H,25,27). The molecule has 0 fully saturated rings. The Kier molecular flexibility index (Phi) is 7.77. The molecule has 0 saturated carbocycles. The van der Waals surface area contributed by atoms with E-state index in [9.17, 15) is 9.59 Å². The molecule has 2 aromatic rings. The molecule has 0 aromatic heterocycles. The lowest BCUT2D eigenvalue weighted by molar-refractivity contribution is -0.124. The molecule has 0 saturated heterocycles. The Hall–Kier alpha value is -3.35. The monoisotopic (exact) mass is 397 g/mol. The lowest BCUT2D eigenvalue weighted by Crippen LogP contribution is -2.21. The van der Waals surface area contributed by atoms with Gasteiger partial charge in [-0.05, 0) is 55.7 Å². The second-order valence-corrected chi connectivity index (χ2v) is 6.73. The van der Waals surface area contributed by atoms with Crippen molar-refractivity contribution in [3.05, 3.63) is 52.6 Å². The molecule has 29 heavy (non-hydrogen) atoms. The van der Waals surface area contributed by atoms with Crippen LogP contribution in [0.1, 0.15) is 35.1 Å². The van der Waals surface area contributed by atoms with Crippen molar-refractivity contribution in [1.82, 2.24) is 5.43 Å². The average molecular weight is 397 g/mol. The molecule has 2 rings (SSSR count). The van der Waals surface area contributed by atoms with Gasteiger partial charge in [-0.1, -0.05) is 17.7 Å². The van der Waals surface area contributed by atoms with Crippen molar-refractivity contribution in [3.63, 3.8) is 0 Å². The Labute approximate surface area is 171 Å². The summed E-state index contributed by atoms with van der Waals surface area (Å²) < 4.78 is 10.4. The summed E-state index contributed by atoms with van der Waals surface area (Å²) in [4.78, 5) is 24.1. The summed E-state index contributed by atoms with van der Waals surface area (Å²) in [5, 5.41) is 6.80. The second-order valence-electron chi connectivity index (χ2n) is 6.73. The molecule has 7 nitrogen and oxygen atoms in total. The second kappa shape index (κ2) is 10.3. The van der Waals surface area contributed by atoms with Crippen LogP contribution in [-0.4, -0.2) is 32.2 Å². The van der Waals surface area contributed by atoms with Crippen molar-refractivity contribution in [2.75, 3.05) is 19.5 Å². The topological polar surface area (TPSA) is 89.0 Å². The van der Waals surface area contributed by atoms with E-state index in [2.05, 4.69) is 15.8 Å². The molecule has 0 heterocycles. The van der Waals surface area contributed by atoms with Gasteiger partial charge in [-0.3, -0.25) is 9.59 Å². The van der Waals surface area contributed by atoms with E-state index in [0.717, 1.165) is 27.9 Å². The fourth-order valence-electron chi connectivity index (χ4n) is 2.97. The lowest BCUT2D eigenvalue weighted by atomic mass is 10.0. The molecule has 0 unspecified atom stereocenters. The highest BCUT2D eigenvalue weighted by Crippen LogP contribution is 2.26. The molecule has 2 aromatic carbocycles. The summed E-state index contributed by atoms with van der Waals surface area (Å²) in [5.74, 6) is 0.633. The predicted molar refractivity (Wildman–Crippen MR) is 114 cm³/mol. The summed E-state index contributed by atoms with van der Waals surface area (Å²) in [5.41, 5.74) is 7.11. The molecule has 0 aliphatic rings. The van der Waals surface area contributed by atoms with Crippen LogP contribution in [-0.2, 0) is 9.59 Å². The zero-order valence-electron chi connectivity index (χ0n) is 17.5. The fourth-order valence-corrected chi connectivity index (χ4v) is 2.97. The molecule has 0 aliphatic heterocycles. The van der Waals surface area contributed by atoms with Crippen LogP contribution in [0.5, 0.6) is 11.5 Å². The van der Waals surface area contributed by atoms with Crippen LogP contribution in [0.3, 0.4) is 0 Å². The highest BCUT2D eigenvalue weighted by molar-refractivity contribution is 5.94. The van der Waals surface area contributed by atoms with Gasteiger partial charge in [-0.15, -0.1) is 0 Å².